The van der Waals surface area contributed by atoms with Crippen LogP contribution in [0.25, 0.3) is 44.4 Å². The van der Waals surface area contributed by atoms with E-state index in [1.54, 1.807) is 0 Å². The molecule has 1 fully saturated rings. The third-order valence-corrected chi connectivity index (χ3v) is 10.8. The van der Waals surface area contributed by atoms with Crippen LogP contribution in [0.15, 0.2) is 109 Å². The molecule has 1 saturated carbocycles. The Bertz CT molecular complexity index is 2310. The first kappa shape index (κ1) is 27.2. The molecule has 0 amide bonds. The van der Waals surface area contributed by atoms with Gasteiger partial charge in [-0.25, -0.2) is 9.67 Å². The van der Waals surface area contributed by atoms with Gasteiger partial charge >= 0.3 is 0 Å². The van der Waals surface area contributed by atoms with Gasteiger partial charge in [0, 0.05) is 39.6 Å². The van der Waals surface area contributed by atoms with Crippen molar-refractivity contribution in [2.24, 2.45) is 11.3 Å². The van der Waals surface area contributed by atoms with Gasteiger partial charge in [0.05, 0.1) is 22.4 Å². The van der Waals surface area contributed by atoms with Crippen LogP contribution in [-0.4, -0.2) is 19.3 Å². The van der Waals surface area contributed by atoms with Crippen LogP contribution in [-0.2, 0) is 6.42 Å². The van der Waals surface area contributed by atoms with Crippen molar-refractivity contribution >= 4 is 33.2 Å². The maximum Gasteiger partial charge on any atom is 0.137 e. The molecule has 10 rings (SSSR count). The third kappa shape index (κ3) is 4.07. The molecule has 2 bridgehead atoms. The Morgan fingerprint density at radius 3 is 2.41 bits per heavy atom. The molecule has 2 unspecified atom stereocenters. The molecular weight excluding hydrogens is 562 g/mol. The van der Waals surface area contributed by atoms with E-state index in [-0.39, 0.29) is 0 Å². The lowest BCUT2D eigenvalue weighted by molar-refractivity contribution is 0.0183. The van der Waals surface area contributed by atoms with Crippen LogP contribution in [0.4, 0.5) is 11.4 Å². The number of hydrogen-bond acceptors (Lipinski definition) is 3. The Morgan fingerprint density at radius 2 is 1.61 bits per heavy atom. The number of hydrogen-bond donors (Lipinski definition) is 1. The van der Waals surface area contributed by atoms with Crippen molar-refractivity contribution in [3.63, 3.8) is 0 Å². The molecule has 46 heavy (non-hydrogen) atoms. The molecule has 0 radical (unpaired) electrons. The zero-order valence-corrected chi connectivity index (χ0v) is 26.8. The fraction of sp³-hybridized carbons (Fsp3) is 0.220. The number of aromatic nitrogens is 4. The summed E-state index contributed by atoms with van der Waals surface area (Å²) in [6, 6.07) is 37.0. The molecule has 3 aliphatic carbocycles. The zero-order valence-electron chi connectivity index (χ0n) is 26.8. The van der Waals surface area contributed by atoms with Gasteiger partial charge in [-0.3, -0.25) is 4.57 Å². The van der Waals surface area contributed by atoms with Crippen molar-refractivity contribution in [2.75, 3.05) is 5.32 Å². The Labute approximate surface area is 269 Å². The second kappa shape index (κ2) is 9.92. The molecule has 3 aliphatic rings. The SMILES string of the molecule is Cc1cc(C)n(-c2ccc(-c3ccccc3)c(Nc3ccc4c5ccccc5n(-c5cc6c(cn5)C5CC(C6)C5(C)C)c4c3)c2)n1. The molecule has 3 aromatic heterocycles. The van der Waals surface area contributed by atoms with E-state index in [0.717, 1.165) is 57.7 Å². The number of rotatable bonds is 5. The topological polar surface area (TPSA) is 47.7 Å². The van der Waals surface area contributed by atoms with Crippen LogP contribution in [0.1, 0.15) is 48.7 Å². The van der Waals surface area contributed by atoms with E-state index < -0.39 is 0 Å². The summed E-state index contributed by atoms with van der Waals surface area (Å²) in [6.07, 6.45) is 4.62. The lowest BCUT2D eigenvalue weighted by atomic mass is 9.48. The first-order valence-corrected chi connectivity index (χ1v) is 16.4. The predicted octanol–water partition coefficient (Wildman–Crippen LogP) is 10.1. The molecule has 7 aromatic rings. The van der Waals surface area contributed by atoms with Crippen molar-refractivity contribution in [1.29, 1.82) is 0 Å². The first-order valence-electron chi connectivity index (χ1n) is 16.4. The van der Waals surface area contributed by atoms with Crippen LogP contribution in [0.2, 0.25) is 0 Å². The number of pyridine rings is 1. The summed E-state index contributed by atoms with van der Waals surface area (Å²) < 4.78 is 4.37. The van der Waals surface area contributed by atoms with Gasteiger partial charge in [0.2, 0.25) is 0 Å². The molecule has 0 spiro atoms. The number of nitrogens with zero attached hydrogens (tertiary/aromatic N) is 4. The van der Waals surface area contributed by atoms with Gasteiger partial charge in [-0.2, -0.15) is 5.10 Å². The first-order chi connectivity index (χ1) is 22.3. The van der Waals surface area contributed by atoms with Crippen LogP contribution >= 0.6 is 0 Å². The molecule has 1 N–H and O–H groups in total. The number of aryl methyl sites for hydroxylation is 2. The highest BCUT2D eigenvalue weighted by molar-refractivity contribution is 6.10. The number of para-hydroxylation sites is 1. The summed E-state index contributed by atoms with van der Waals surface area (Å²) in [4.78, 5) is 5.13. The summed E-state index contributed by atoms with van der Waals surface area (Å²) in [5, 5.41) is 11.1. The van der Waals surface area contributed by atoms with E-state index in [2.05, 4.69) is 140 Å². The summed E-state index contributed by atoms with van der Waals surface area (Å²) in [7, 11) is 0. The Morgan fingerprint density at radius 1 is 0.804 bits per heavy atom. The summed E-state index contributed by atoms with van der Waals surface area (Å²) >= 11 is 0. The lowest BCUT2D eigenvalue weighted by Gasteiger charge is -2.57. The van der Waals surface area contributed by atoms with Crippen LogP contribution in [0, 0.1) is 25.2 Å². The van der Waals surface area contributed by atoms with Crippen LogP contribution in [0.5, 0.6) is 0 Å². The molecule has 2 atom stereocenters. The molecule has 0 aliphatic heterocycles. The quantitative estimate of drug-likeness (QED) is 0.214. The third-order valence-electron chi connectivity index (χ3n) is 10.8. The molecule has 0 saturated heterocycles. The smallest absolute Gasteiger partial charge is 0.137 e. The Hall–Kier alpha value is -5.16. The number of benzene rings is 4. The highest BCUT2D eigenvalue weighted by Crippen LogP contribution is 2.62. The minimum atomic E-state index is 0.383. The lowest BCUT2D eigenvalue weighted by Crippen LogP contribution is -2.48. The molecular formula is C41H37N5. The van der Waals surface area contributed by atoms with Gasteiger partial charge in [-0.1, -0.05) is 74.5 Å². The zero-order chi connectivity index (χ0) is 31.2. The number of fused-ring (bicyclic) bond motifs is 3. The summed E-state index contributed by atoms with van der Waals surface area (Å²) in [5.74, 6) is 2.39. The van der Waals surface area contributed by atoms with E-state index in [0.29, 0.717) is 11.3 Å². The molecule has 5 nitrogen and oxygen atoms in total. The number of nitrogens with one attached hydrogen (secondary N) is 1. The minimum absolute atomic E-state index is 0.383. The molecule has 3 heterocycles. The average Bonchev–Trinajstić information content (AvgIpc) is 3.59. The second-order valence-corrected chi connectivity index (χ2v) is 13.9. The average molecular weight is 600 g/mol. The van der Waals surface area contributed by atoms with E-state index in [1.165, 1.54) is 39.4 Å². The van der Waals surface area contributed by atoms with Gasteiger partial charge in [0.25, 0.3) is 0 Å². The van der Waals surface area contributed by atoms with Crippen molar-refractivity contribution in [2.45, 2.75) is 46.5 Å². The fourth-order valence-electron chi connectivity index (χ4n) is 8.24. The van der Waals surface area contributed by atoms with Gasteiger partial charge in [-0.05, 0) is 103 Å². The second-order valence-electron chi connectivity index (χ2n) is 13.9. The van der Waals surface area contributed by atoms with E-state index >= 15 is 0 Å². The van der Waals surface area contributed by atoms with Crippen molar-refractivity contribution in [3.05, 3.63) is 132 Å². The van der Waals surface area contributed by atoms with E-state index in [1.807, 2.05) is 11.6 Å². The van der Waals surface area contributed by atoms with Crippen molar-refractivity contribution in [3.8, 4) is 22.6 Å². The monoisotopic (exact) mass is 599 g/mol. The molecule has 4 aromatic carbocycles. The highest BCUT2D eigenvalue weighted by atomic mass is 15.3. The van der Waals surface area contributed by atoms with Crippen molar-refractivity contribution in [1.82, 2.24) is 19.3 Å². The standard InChI is InChI=1S/C41H37N5/c1-25-18-26(2)46(44-25)31-15-17-32(27-10-6-5-7-11-27)37(23-31)43-30-14-16-34-33-12-8-9-13-38(33)45(39(34)22-30)40-20-28-19-29-21-36(41(29,3)4)35(28)24-42-40/h5-18,20,22-24,29,36,43H,19,21H2,1-4H3. The van der Waals surface area contributed by atoms with Crippen LogP contribution < -0.4 is 5.32 Å². The van der Waals surface area contributed by atoms with Gasteiger partial charge < -0.3 is 5.32 Å². The maximum absolute atomic E-state index is 5.13. The van der Waals surface area contributed by atoms with Gasteiger partial charge in [0.1, 0.15) is 5.82 Å². The summed E-state index contributed by atoms with van der Waals surface area (Å²) in [6.45, 7) is 9.00. The Balaban J connectivity index is 1.18. The summed E-state index contributed by atoms with van der Waals surface area (Å²) in [5.41, 5.74) is 13.2. The van der Waals surface area contributed by atoms with Crippen LogP contribution in [0.3, 0.4) is 0 Å². The molecule has 226 valence electrons. The normalized spacial score (nSPS) is 18.0. The van der Waals surface area contributed by atoms with Gasteiger partial charge in [-0.15, -0.1) is 0 Å². The van der Waals surface area contributed by atoms with E-state index in [9.17, 15) is 0 Å². The Kier molecular flexibility index (Phi) is 5.86. The minimum Gasteiger partial charge on any atom is -0.355 e. The van der Waals surface area contributed by atoms with Gasteiger partial charge in [0.15, 0.2) is 0 Å². The largest absolute Gasteiger partial charge is 0.355 e. The number of anilines is 2. The fourth-order valence-corrected chi connectivity index (χ4v) is 8.24. The predicted molar refractivity (Wildman–Crippen MR) is 189 cm³/mol. The maximum atomic E-state index is 5.13. The highest BCUT2D eigenvalue weighted by Gasteiger charge is 2.52. The van der Waals surface area contributed by atoms with Crippen molar-refractivity contribution < 1.29 is 0 Å². The van der Waals surface area contributed by atoms with E-state index in [4.69, 9.17) is 10.1 Å². The molecule has 5 heteroatoms.